The second-order valence-corrected chi connectivity index (χ2v) is 6.08. The summed E-state index contributed by atoms with van der Waals surface area (Å²) in [5.74, 6) is 0.595. The van der Waals surface area contributed by atoms with Gasteiger partial charge >= 0.3 is 5.97 Å². The van der Waals surface area contributed by atoms with Crippen LogP contribution in [0.1, 0.15) is 5.56 Å². The van der Waals surface area contributed by atoms with Gasteiger partial charge in [-0.05, 0) is 30.2 Å². The molecular formula is C18H25N3O3. The van der Waals surface area contributed by atoms with E-state index in [1.165, 1.54) is 12.7 Å². The standard InChI is InChI=1S/C18H25N3O3/c1-23-15-3-4-17-16(11-15)14(12-21(17)13-18(22)24-2)5-8-20-9-6-19-7-10-20/h3-4,11-12,19H,5-10,13H2,1-2H3. The summed E-state index contributed by atoms with van der Waals surface area (Å²) in [6.07, 6.45) is 3.03. The quantitative estimate of drug-likeness (QED) is 0.808. The summed E-state index contributed by atoms with van der Waals surface area (Å²) in [5, 5.41) is 4.52. The third-order valence-corrected chi connectivity index (χ3v) is 4.60. The van der Waals surface area contributed by atoms with Crippen LogP contribution in [0.2, 0.25) is 0 Å². The van der Waals surface area contributed by atoms with Crippen LogP contribution in [0.5, 0.6) is 5.75 Å². The lowest BCUT2D eigenvalue weighted by molar-refractivity contribution is -0.141. The van der Waals surface area contributed by atoms with Crippen molar-refractivity contribution in [2.24, 2.45) is 0 Å². The molecule has 0 unspecified atom stereocenters. The molecule has 0 spiro atoms. The molecule has 1 fully saturated rings. The molecule has 2 aromatic rings. The van der Waals surface area contributed by atoms with E-state index in [9.17, 15) is 4.79 Å². The van der Waals surface area contributed by atoms with Crippen molar-refractivity contribution in [3.05, 3.63) is 30.0 Å². The van der Waals surface area contributed by atoms with Crippen molar-refractivity contribution in [1.82, 2.24) is 14.8 Å². The minimum absolute atomic E-state index is 0.229. The van der Waals surface area contributed by atoms with Gasteiger partial charge in [0.05, 0.1) is 14.2 Å². The zero-order chi connectivity index (χ0) is 16.9. The molecule has 6 nitrogen and oxygen atoms in total. The third kappa shape index (κ3) is 3.71. The topological polar surface area (TPSA) is 55.7 Å². The van der Waals surface area contributed by atoms with E-state index in [-0.39, 0.29) is 12.5 Å². The van der Waals surface area contributed by atoms with Gasteiger partial charge in [0.15, 0.2) is 0 Å². The fourth-order valence-electron chi connectivity index (χ4n) is 3.22. The Labute approximate surface area is 142 Å². The number of methoxy groups -OCH3 is 2. The average Bonchev–Trinajstić information content (AvgIpc) is 2.97. The molecule has 24 heavy (non-hydrogen) atoms. The van der Waals surface area contributed by atoms with Crippen LogP contribution < -0.4 is 10.1 Å². The number of esters is 1. The Kier molecular flexibility index (Phi) is 5.37. The van der Waals surface area contributed by atoms with Gasteiger partial charge in [-0.15, -0.1) is 0 Å². The highest BCUT2D eigenvalue weighted by atomic mass is 16.5. The molecule has 1 aromatic heterocycles. The van der Waals surface area contributed by atoms with Crippen molar-refractivity contribution in [2.75, 3.05) is 46.9 Å². The monoisotopic (exact) mass is 331 g/mol. The van der Waals surface area contributed by atoms with Crippen molar-refractivity contribution < 1.29 is 14.3 Å². The normalized spacial score (nSPS) is 15.6. The fourth-order valence-corrected chi connectivity index (χ4v) is 3.22. The predicted molar refractivity (Wildman–Crippen MR) is 93.5 cm³/mol. The van der Waals surface area contributed by atoms with Crippen LogP contribution in [-0.2, 0) is 22.5 Å². The first-order valence-corrected chi connectivity index (χ1v) is 8.37. The Balaban J connectivity index is 1.85. The van der Waals surface area contributed by atoms with Gasteiger partial charge in [0.2, 0.25) is 0 Å². The number of ether oxygens (including phenoxy) is 2. The molecule has 2 heterocycles. The molecule has 0 bridgehead atoms. The van der Waals surface area contributed by atoms with E-state index in [1.54, 1.807) is 7.11 Å². The number of piperazine rings is 1. The van der Waals surface area contributed by atoms with E-state index in [1.807, 2.05) is 16.7 Å². The maximum atomic E-state index is 11.7. The second kappa shape index (κ2) is 7.68. The SMILES string of the molecule is COC(=O)Cn1cc(CCN2CCNCC2)c2cc(OC)ccc21. The van der Waals surface area contributed by atoms with Crippen LogP contribution in [0.15, 0.2) is 24.4 Å². The number of carbonyl (C=O) groups excluding carboxylic acids is 1. The number of benzene rings is 1. The maximum absolute atomic E-state index is 11.7. The molecular weight excluding hydrogens is 306 g/mol. The lowest BCUT2D eigenvalue weighted by atomic mass is 10.1. The minimum atomic E-state index is -0.239. The molecule has 0 radical (unpaired) electrons. The van der Waals surface area contributed by atoms with E-state index in [0.29, 0.717) is 0 Å². The fraction of sp³-hybridized carbons (Fsp3) is 0.500. The molecule has 1 aliphatic rings. The van der Waals surface area contributed by atoms with Gasteiger partial charge in [-0.2, -0.15) is 0 Å². The second-order valence-electron chi connectivity index (χ2n) is 6.08. The van der Waals surface area contributed by atoms with E-state index in [4.69, 9.17) is 9.47 Å². The smallest absolute Gasteiger partial charge is 0.325 e. The molecule has 0 amide bonds. The molecule has 130 valence electrons. The predicted octanol–water partition coefficient (Wildman–Crippen LogP) is 1.27. The van der Waals surface area contributed by atoms with Crippen LogP contribution >= 0.6 is 0 Å². The highest BCUT2D eigenvalue weighted by Crippen LogP contribution is 2.26. The summed E-state index contributed by atoms with van der Waals surface area (Å²) in [4.78, 5) is 14.2. The Bertz CT molecular complexity index is 705. The molecule has 1 saturated heterocycles. The number of hydrogen-bond donors (Lipinski definition) is 1. The Hall–Kier alpha value is -2.05. The summed E-state index contributed by atoms with van der Waals surface area (Å²) < 4.78 is 12.1. The summed E-state index contributed by atoms with van der Waals surface area (Å²) in [6, 6.07) is 5.98. The first-order valence-electron chi connectivity index (χ1n) is 8.37. The van der Waals surface area contributed by atoms with Gasteiger partial charge in [0, 0.05) is 49.8 Å². The van der Waals surface area contributed by atoms with Gasteiger partial charge in [-0.25, -0.2) is 0 Å². The number of hydrogen-bond acceptors (Lipinski definition) is 5. The van der Waals surface area contributed by atoms with Crippen molar-refractivity contribution >= 4 is 16.9 Å². The van der Waals surface area contributed by atoms with E-state index >= 15 is 0 Å². The largest absolute Gasteiger partial charge is 0.497 e. The average molecular weight is 331 g/mol. The Morgan fingerprint density at radius 2 is 2.04 bits per heavy atom. The summed E-state index contributed by atoms with van der Waals surface area (Å²) in [6.45, 7) is 5.54. The van der Waals surface area contributed by atoms with Crippen molar-refractivity contribution in [3.63, 3.8) is 0 Å². The molecule has 1 aromatic carbocycles. The maximum Gasteiger partial charge on any atom is 0.325 e. The number of nitrogens with zero attached hydrogens (tertiary/aromatic N) is 2. The zero-order valence-electron chi connectivity index (χ0n) is 14.4. The van der Waals surface area contributed by atoms with Crippen molar-refractivity contribution in [1.29, 1.82) is 0 Å². The van der Waals surface area contributed by atoms with Gasteiger partial charge < -0.3 is 24.3 Å². The van der Waals surface area contributed by atoms with E-state index in [0.717, 1.165) is 55.8 Å². The molecule has 1 aliphatic heterocycles. The number of carbonyl (C=O) groups is 1. The highest BCUT2D eigenvalue weighted by molar-refractivity contribution is 5.86. The minimum Gasteiger partial charge on any atom is -0.497 e. The van der Waals surface area contributed by atoms with Gasteiger partial charge in [0.25, 0.3) is 0 Å². The number of fused-ring (bicyclic) bond motifs is 1. The summed E-state index contributed by atoms with van der Waals surface area (Å²) in [7, 11) is 3.09. The molecule has 1 N–H and O–H groups in total. The van der Waals surface area contributed by atoms with E-state index < -0.39 is 0 Å². The molecule has 6 heteroatoms. The van der Waals surface area contributed by atoms with Crippen LogP contribution in [0.4, 0.5) is 0 Å². The van der Waals surface area contributed by atoms with E-state index in [2.05, 4.69) is 22.5 Å². The highest BCUT2D eigenvalue weighted by Gasteiger charge is 2.14. The first-order chi connectivity index (χ1) is 11.7. The molecule has 0 aliphatic carbocycles. The van der Waals surface area contributed by atoms with Gasteiger partial charge in [-0.3, -0.25) is 4.79 Å². The van der Waals surface area contributed by atoms with Crippen LogP contribution in [0.25, 0.3) is 10.9 Å². The third-order valence-electron chi connectivity index (χ3n) is 4.60. The van der Waals surface area contributed by atoms with Crippen LogP contribution in [0.3, 0.4) is 0 Å². The lowest BCUT2D eigenvalue weighted by Gasteiger charge is -2.26. The molecule has 0 atom stereocenters. The first kappa shape index (κ1) is 16.8. The van der Waals surface area contributed by atoms with Crippen molar-refractivity contribution in [2.45, 2.75) is 13.0 Å². The summed E-state index contributed by atoms with van der Waals surface area (Å²) >= 11 is 0. The summed E-state index contributed by atoms with van der Waals surface area (Å²) in [5.41, 5.74) is 2.28. The van der Waals surface area contributed by atoms with Gasteiger partial charge in [0.1, 0.15) is 12.3 Å². The van der Waals surface area contributed by atoms with Crippen LogP contribution in [0, 0.1) is 0 Å². The Morgan fingerprint density at radius 3 is 2.75 bits per heavy atom. The van der Waals surface area contributed by atoms with Gasteiger partial charge in [-0.1, -0.05) is 0 Å². The van der Waals surface area contributed by atoms with Crippen molar-refractivity contribution in [3.8, 4) is 5.75 Å². The number of aromatic nitrogens is 1. The lowest BCUT2D eigenvalue weighted by Crippen LogP contribution is -2.44. The Morgan fingerprint density at radius 1 is 1.25 bits per heavy atom. The van der Waals surface area contributed by atoms with Crippen LogP contribution in [-0.4, -0.2) is 62.4 Å². The number of nitrogens with one attached hydrogen (secondary N) is 1. The zero-order valence-corrected chi connectivity index (χ0v) is 14.4. The molecule has 3 rings (SSSR count). The molecule has 0 saturated carbocycles. The number of rotatable bonds is 6.